The molecule has 0 aliphatic carbocycles. The summed E-state index contributed by atoms with van der Waals surface area (Å²) in [5, 5.41) is 9.22. The standard InChI is InChI=1S/C17H17F4N3O/c1-11-4-5-22-9-15(11)24-7-6-23(10-24)12-2-3-13(14(18)8-12)16(25)17(19,20)21/h2-5,8-9,16,25H,6-7,10H2,1H3. The van der Waals surface area contributed by atoms with E-state index in [1.54, 1.807) is 12.4 Å². The van der Waals surface area contributed by atoms with Crippen LogP contribution in [-0.2, 0) is 0 Å². The Kier molecular flexibility index (Phi) is 4.55. The van der Waals surface area contributed by atoms with Crippen LogP contribution < -0.4 is 9.80 Å². The Balaban J connectivity index is 1.78. The van der Waals surface area contributed by atoms with Crippen molar-refractivity contribution in [3.8, 4) is 0 Å². The minimum Gasteiger partial charge on any atom is -0.379 e. The lowest BCUT2D eigenvalue weighted by Crippen LogP contribution is -2.26. The number of halogens is 4. The highest BCUT2D eigenvalue weighted by molar-refractivity contribution is 5.57. The molecule has 2 aromatic rings. The summed E-state index contributed by atoms with van der Waals surface area (Å²) in [6, 6.07) is 5.31. The molecule has 1 N–H and O–H groups in total. The molecule has 0 saturated carbocycles. The number of anilines is 2. The molecule has 1 aromatic heterocycles. The number of alkyl halides is 3. The second kappa shape index (κ2) is 6.51. The Morgan fingerprint density at radius 3 is 2.52 bits per heavy atom. The fraction of sp³-hybridized carbons (Fsp3) is 0.353. The Morgan fingerprint density at radius 2 is 1.88 bits per heavy atom. The second-order valence-corrected chi connectivity index (χ2v) is 5.98. The molecule has 1 aliphatic rings. The third-order valence-corrected chi connectivity index (χ3v) is 4.29. The SMILES string of the molecule is Cc1ccncc1N1CCN(c2ccc(C(O)C(F)(F)F)c(F)c2)C1. The van der Waals surface area contributed by atoms with Gasteiger partial charge in [-0.15, -0.1) is 0 Å². The number of hydrogen-bond acceptors (Lipinski definition) is 4. The van der Waals surface area contributed by atoms with Crippen LogP contribution in [0.5, 0.6) is 0 Å². The zero-order chi connectivity index (χ0) is 18.2. The van der Waals surface area contributed by atoms with E-state index in [-0.39, 0.29) is 0 Å². The second-order valence-electron chi connectivity index (χ2n) is 5.98. The fourth-order valence-electron chi connectivity index (χ4n) is 2.89. The van der Waals surface area contributed by atoms with Crippen molar-refractivity contribution < 1.29 is 22.7 Å². The number of rotatable bonds is 3. The van der Waals surface area contributed by atoms with Crippen LogP contribution in [0.2, 0.25) is 0 Å². The molecule has 1 fully saturated rings. The highest BCUT2D eigenvalue weighted by Gasteiger charge is 2.41. The van der Waals surface area contributed by atoms with E-state index < -0.39 is 23.7 Å². The summed E-state index contributed by atoms with van der Waals surface area (Å²) in [4.78, 5) is 8.03. The minimum atomic E-state index is -4.90. The van der Waals surface area contributed by atoms with Gasteiger partial charge in [0.2, 0.25) is 0 Å². The van der Waals surface area contributed by atoms with E-state index in [9.17, 15) is 22.7 Å². The van der Waals surface area contributed by atoms with Crippen molar-refractivity contribution in [2.45, 2.75) is 19.2 Å². The Bertz CT molecular complexity index is 766. The van der Waals surface area contributed by atoms with E-state index in [0.29, 0.717) is 25.4 Å². The number of hydrogen-bond donors (Lipinski definition) is 1. The summed E-state index contributed by atoms with van der Waals surface area (Å²) in [6.07, 6.45) is -4.27. The van der Waals surface area contributed by atoms with Gasteiger partial charge < -0.3 is 14.9 Å². The molecule has 1 saturated heterocycles. The summed E-state index contributed by atoms with van der Waals surface area (Å²) in [6.45, 7) is 3.75. The summed E-state index contributed by atoms with van der Waals surface area (Å²) in [5.74, 6) is -1.07. The summed E-state index contributed by atoms with van der Waals surface area (Å²) in [5.41, 5.74) is 1.73. The molecule has 4 nitrogen and oxygen atoms in total. The van der Waals surface area contributed by atoms with Gasteiger partial charge in [-0.05, 0) is 30.7 Å². The largest absolute Gasteiger partial charge is 0.418 e. The number of nitrogens with zero attached hydrogens (tertiary/aromatic N) is 3. The van der Waals surface area contributed by atoms with Gasteiger partial charge in [-0.25, -0.2) is 4.39 Å². The molecule has 8 heteroatoms. The number of aryl methyl sites for hydroxylation is 1. The van der Waals surface area contributed by atoms with Crippen molar-refractivity contribution in [3.05, 3.63) is 53.6 Å². The van der Waals surface area contributed by atoms with Crippen molar-refractivity contribution in [1.29, 1.82) is 0 Å². The van der Waals surface area contributed by atoms with Gasteiger partial charge in [0.05, 0.1) is 18.6 Å². The topological polar surface area (TPSA) is 39.6 Å². The molecule has 1 atom stereocenters. The summed E-state index contributed by atoms with van der Waals surface area (Å²) < 4.78 is 51.7. The van der Waals surface area contributed by atoms with Crippen molar-refractivity contribution in [2.75, 3.05) is 29.6 Å². The lowest BCUT2D eigenvalue weighted by Gasteiger charge is -2.23. The number of pyridine rings is 1. The first kappa shape index (κ1) is 17.5. The van der Waals surface area contributed by atoms with E-state index in [1.807, 2.05) is 17.9 Å². The van der Waals surface area contributed by atoms with Gasteiger partial charge in [0.25, 0.3) is 0 Å². The van der Waals surface area contributed by atoms with Gasteiger partial charge in [-0.2, -0.15) is 13.2 Å². The molecular weight excluding hydrogens is 338 g/mol. The van der Waals surface area contributed by atoms with Crippen molar-refractivity contribution in [3.63, 3.8) is 0 Å². The number of aromatic nitrogens is 1. The maximum absolute atomic E-state index is 14.1. The molecular formula is C17H17F4N3O. The van der Waals surface area contributed by atoms with Crippen LogP contribution in [0.15, 0.2) is 36.7 Å². The smallest absolute Gasteiger partial charge is 0.379 e. The summed E-state index contributed by atoms with van der Waals surface area (Å²) in [7, 11) is 0. The molecule has 0 bridgehead atoms. The average molecular weight is 355 g/mol. The van der Waals surface area contributed by atoms with Crippen LogP contribution in [0.1, 0.15) is 17.2 Å². The van der Waals surface area contributed by atoms with Crippen LogP contribution in [-0.4, -0.2) is 36.0 Å². The van der Waals surface area contributed by atoms with Crippen LogP contribution in [0.4, 0.5) is 28.9 Å². The molecule has 1 aromatic carbocycles. The van der Waals surface area contributed by atoms with Crippen LogP contribution in [0.3, 0.4) is 0 Å². The third kappa shape index (κ3) is 3.53. The monoisotopic (exact) mass is 355 g/mol. The van der Waals surface area contributed by atoms with E-state index >= 15 is 0 Å². The first-order valence-electron chi connectivity index (χ1n) is 7.72. The predicted molar refractivity (Wildman–Crippen MR) is 85.9 cm³/mol. The van der Waals surface area contributed by atoms with E-state index in [0.717, 1.165) is 23.4 Å². The van der Waals surface area contributed by atoms with Gasteiger partial charge in [-0.3, -0.25) is 4.98 Å². The molecule has 3 rings (SSSR count). The van der Waals surface area contributed by atoms with Gasteiger partial charge in [0, 0.05) is 30.5 Å². The molecule has 1 aliphatic heterocycles. The Hall–Kier alpha value is -2.35. The predicted octanol–water partition coefficient (Wildman–Crippen LogP) is 3.41. The van der Waals surface area contributed by atoms with Crippen LogP contribution in [0.25, 0.3) is 0 Å². The highest BCUT2D eigenvalue weighted by atomic mass is 19.4. The lowest BCUT2D eigenvalue weighted by molar-refractivity contribution is -0.207. The third-order valence-electron chi connectivity index (χ3n) is 4.29. The first-order chi connectivity index (χ1) is 11.8. The van der Waals surface area contributed by atoms with E-state index in [1.165, 1.54) is 6.07 Å². The Labute approximate surface area is 142 Å². The maximum Gasteiger partial charge on any atom is 0.418 e. The maximum atomic E-state index is 14.1. The zero-order valence-corrected chi connectivity index (χ0v) is 13.5. The van der Waals surface area contributed by atoms with E-state index in [4.69, 9.17) is 0 Å². The molecule has 2 heterocycles. The zero-order valence-electron chi connectivity index (χ0n) is 13.5. The number of aliphatic hydroxyl groups is 1. The lowest BCUT2D eigenvalue weighted by atomic mass is 10.1. The fourth-order valence-corrected chi connectivity index (χ4v) is 2.89. The minimum absolute atomic E-state index is 0.472. The van der Waals surface area contributed by atoms with E-state index in [2.05, 4.69) is 9.88 Å². The molecule has 1 unspecified atom stereocenters. The van der Waals surface area contributed by atoms with Crippen LogP contribution in [0, 0.1) is 12.7 Å². The van der Waals surface area contributed by atoms with Gasteiger partial charge in [0.1, 0.15) is 5.82 Å². The molecule has 134 valence electrons. The number of benzene rings is 1. The molecule has 0 radical (unpaired) electrons. The van der Waals surface area contributed by atoms with Gasteiger partial charge >= 0.3 is 6.18 Å². The average Bonchev–Trinajstić information content (AvgIpc) is 3.03. The van der Waals surface area contributed by atoms with Crippen molar-refractivity contribution in [1.82, 2.24) is 4.98 Å². The normalized spacial score (nSPS) is 16.4. The molecule has 25 heavy (non-hydrogen) atoms. The van der Waals surface area contributed by atoms with Gasteiger partial charge in [-0.1, -0.05) is 6.07 Å². The van der Waals surface area contributed by atoms with Crippen molar-refractivity contribution in [2.24, 2.45) is 0 Å². The number of aliphatic hydroxyl groups excluding tert-OH is 1. The quantitative estimate of drug-likeness (QED) is 0.857. The molecule has 0 amide bonds. The van der Waals surface area contributed by atoms with Crippen molar-refractivity contribution >= 4 is 11.4 Å². The first-order valence-corrected chi connectivity index (χ1v) is 7.72. The Morgan fingerprint density at radius 1 is 1.16 bits per heavy atom. The van der Waals surface area contributed by atoms with Crippen LogP contribution >= 0.6 is 0 Å². The molecule has 0 spiro atoms. The van der Waals surface area contributed by atoms with Gasteiger partial charge in [0.15, 0.2) is 6.10 Å². The summed E-state index contributed by atoms with van der Waals surface area (Å²) >= 11 is 0. The highest BCUT2D eigenvalue weighted by Crippen LogP contribution is 2.35.